The third-order valence-corrected chi connectivity index (χ3v) is 3.80. The van der Waals surface area contributed by atoms with Crippen molar-refractivity contribution in [2.45, 2.75) is 39.7 Å². The summed E-state index contributed by atoms with van der Waals surface area (Å²) < 4.78 is 2.08. The minimum atomic E-state index is 0.171. The number of aromatic nitrogens is 2. The monoisotopic (exact) mass is 277 g/mol. The van der Waals surface area contributed by atoms with Gasteiger partial charge in [0, 0.05) is 16.8 Å². The highest BCUT2D eigenvalue weighted by Crippen LogP contribution is 2.23. The third kappa shape index (κ3) is 2.99. The molecule has 1 unspecified atom stereocenters. The molecule has 0 radical (unpaired) electrons. The van der Waals surface area contributed by atoms with Gasteiger partial charge in [0.2, 0.25) is 0 Å². The second-order valence-corrected chi connectivity index (χ2v) is 5.37. The largest absolute Gasteiger partial charge is 0.327 e. The highest BCUT2D eigenvalue weighted by Gasteiger charge is 2.12. The lowest BCUT2D eigenvalue weighted by atomic mass is 10.0. The maximum absolute atomic E-state index is 6.13. The van der Waals surface area contributed by atoms with E-state index in [2.05, 4.69) is 29.5 Å². The Hall–Kier alpha value is -1.32. The van der Waals surface area contributed by atoms with E-state index in [4.69, 9.17) is 17.3 Å². The summed E-state index contributed by atoms with van der Waals surface area (Å²) in [5.74, 6) is 0. The minimum absolute atomic E-state index is 0.171. The van der Waals surface area contributed by atoms with E-state index in [-0.39, 0.29) is 6.04 Å². The fraction of sp³-hybridized carbons (Fsp3) is 0.400. The van der Waals surface area contributed by atoms with E-state index in [1.54, 1.807) is 0 Å². The van der Waals surface area contributed by atoms with Crippen molar-refractivity contribution in [3.05, 3.63) is 46.5 Å². The van der Waals surface area contributed by atoms with Crippen LogP contribution >= 0.6 is 11.6 Å². The molecule has 0 fully saturated rings. The molecular weight excluding hydrogens is 258 g/mol. The number of nitrogens with two attached hydrogens (primary N) is 1. The number of hydrogen-bond acceptors (Lipinski definition) is 2. The maximum Gasteiger partial charge on any atom is 0.0997 e. The first-order valence-corrected chi connectivity index (χ1v) is 6.95. The van der Waals surface area contributed by atoms with Crippen LogP contribution in [0.2, 0.25) is 5.02 Å². The van der Waals surface area contributed by atoms with Gasteiger partial charge in [-0.1, -0.05) is 24.6 Å². The highest BCUT2D eigenvalue weighted by molar-refractivity contribution is 6.30. The van der Waals surface area contributed by atoms with Crippen LogP contribution in [0.15, 0.2) is 24.5 Å². The number of rotatable bonds is 4. The molecule has 1 atom stereocenters. The van der Waals surface area contributed by atoms with Crippen molar-refractivity contribution in [1.29, 1.82) is 0 Å². The molecule has 1 aromatic heterocycles. The fourth-order valence-corrected chi connectivity index (χ4v) is 2.27. The van der Waals surface area contributed by atoms with Gasteiger partial charge in [0.25, 0.3) is 0 Å². The lowest BCUT2D eigenvalue weighted by molar-refractivity contribution is 0.644. The van der Waals surface area contributed by atoms with E-state index in [0.29, 0.717) is 0 Å². The Bertz CT molecular complexity index is 575. The number of imidazole rings is 1. The predicted molar refractivity (Wildman–Crippen MR) is 80.0 cm³/mol. The molecule has 1 heterocycles. The first-order valence-electron chi connectivity index (χ1n) is 6.57. The summed E-state index contributed by atoms with van der Waals surface area (Å²) >= 11 is 6.13. The lowest BCUT2D eigenvalue weighted by Crippen LogP contribution is -2.22. The molecule has 0 bridgehead atoms. The Morgan fingerprint density at radius 2 is 2.11 bits per heavy atom. The Labute approximate surface area is 119 Å². The van der Waals surface area contributed by atoms with Gasteiger partial charge in [0.15, 0.2) is 0 Å². The van der Waals surface area contributed by atoms with Crippen molar-refractivity contribution < 1.29 is 0 Å². The molecule has 19 heavy (non-hydrogen) atoms. The number of nitrogens with zero attached hydrogens (tertiary/aromatic N) is 2. The van der Waals surface area contributed by atoms with Gasteiger partial charge in [-0.15, -0.1) is 0 Å². The number of benzene rings is 1. The smallest absolute Gasteiger partial charge is 0.0997 e. The molecule has 4 heteroatoms. The fourth-order valence-electron chi connectivity index (χ4n) is 2.10. The van der Waals surface area contributed by atoms with Crippen molar-refractivity contribution in [2.75, 3.05) is 0 Å². The number of aryl methyl sites for hydroxylation is 1. The summed E-state index contributed by atoms with van der Waals surface area (Å²) in [4.78, 5) is 4.35. The number of halogens is 1. The van der Waals surface area contributed by atoms with E-state index < -0.39 is 0 Å². The van der Waals surface area contributed by atoms with Crippen LogP contribution in [0.4, 0.5) is 0 Å². The highest BCUT2D eigenvalue weighted by atomic mass is 35.5. The van der Waals surface area contributed by atoms with Crippen LogP contribution in [0.25, 0.3) is 5.69 Å². The zero-order valence-electron chi connectivity index (χ0n) is 11.7. The molecule has 0 amide bonds. The average Bonchev–Trinajstić information content (AvgIpc) is 2.72. The summed E-state index contributed by atoms with van der Waals surface area (Å²) in [7, 11) is 0. The zero-order valence-corrected chi connectivity index (χ0v) is 12.4. The van der Waals surface area contributed by atoms with Crippen molar-refractivity contribution in [2.24, 2.45) is 5.73 Å². The van der Waals surface area contributed by atoms with Gasteiger partial charge >= 0.3 is 0 Å². The summed E-state index contributed by atoms with van der Waals surface area (Å²) in [6.45, 7) is 6.17. The first kappa shape index (κ1) is 14.1. The van der Waals surface area contributed by atoms with Crippen LogP contribution in [0.5, 0.6) is 0 Å². The van der Waals surface area contributed by atoms with Crippen LogP contribution < -0.4 is 5.73 Å². The molecule has 102 valence electrons. The van der Waals surface area contributed by atoms with Gasteiger partial charge in [-0.25, -0.2) is 4.98 Å². The average molecular weight is 278 g/mol. The molecule has 2 rings (SSSR count). The molecule has 0 saturated heterocycles. The Morgan fingerprint density at radius 1 is 1.37 bits per heavy atom. The van der Waals surface area contributed by atoms with E-state index in [9.17, 15) is 0 Å². The second-order valence-electron chi connectivity index (χ2n) is 4.93. The van der Waals surface area contributed by atoms with Gasteiger partial charge < -0.3 is 10.3 Å². The molecule has 0 aliphatic carbocycles. The Morgan fingerprint density at radius 3 is 2.68 bits per heavy atom. The van der Waals surface area contributed by atoms with Crippen LogP contribution in [0.1, 0.15) is 30.3 Å². The van der Waals surface area contributed by atoms with Gasteiger partial charge in [-0.2, -0.15) is 0 Å². The Balaban J connectivity index is 2.48. The topological polar surface area (TPSA) is 43.8 Å². The van der Waals surface area contributed by atoms with Crippen molar-refractivity contribution in [3.63, 3.8) is 0 Å². The molecule has 2 aromatic rings. The molecule has 0 aliphatic heterocycles. The number of hydrogen-bond donors (Lipinski definition) is 1. The van der Waals surface area contributed by atoms with E-state index in [0.717, 1.165) is 34.9 Å². The van der Waals surface area contributed by atoms with Crippen molar-refractivity contribution in [3.8, 4) is 5.69 Å². The van der Waals surface area contributed by atoms with Gasteiger partial charge in [0.05, 0.1) is 17.7 Å². The van der Waals surface area contributed by atoms with Crippen LogP contribution in [0.3, 0.4) is 0 Å². The lowest BCUT2D eigenvalue weighted by Gasteiger charge is -2.15. The SMILES string of the molecule is CCC(N)Cc1ccc(Cl)cc1-n1cnc(C)c1C. The van der Waals surface area contributed by atoms with E-state index in [1.165, 1.54) is 5.56 Å². The van der Waals surface area contributed by atoms with Gasteiger partial charge in [-0.3, -0.25) is 0 Å². The van der Waals surface area contributed by atoms with Crippen LogP contribution in [-0.4, -0.2) is 15.6 Å². The molecule has 0 aliphatic rings. The molecule has 3 nitrogen and oxygen atoms in total. The molecule has 0 saturated carbocycles. The standard InChI is InChI=1S/C15H20ClN3/c1-4-14(17)7-12-5-6-13(16)8-15(12)19-9-18-10(2)11(19)3/h5-6,8-9,14H,4,7,17H2,1-3H3. The molecule has 1 aromatic carbocycles. The van der Waals surface area contributed by atoms with Crippen LogP contribution in [-0.2, 0) is 6.42 Å². The summed E-state index contributed by atoms with van der Waals surface area (Å²) in [6, 6.07) is 6.13. The Kier molecular flexibility index (Phi) is 4.27. The normalized spacial score (nSPS) is 12.7. The van der Waals surface area contributed by atoms with Crippen molar-refractivity contribution >= 4 is 11.6 Å². The van der Waals surface area contributed by atoms with Gasteiger partial charge in [-0.05, 0) is 44.4 Å². The predicted octanol–water partition coefficient (Wildman–Crippen LogP) is 3.42. The molecule has 2 N–H and O–H groups in total. The summed E-state index contributed by atoms with van der Waals surface area (Å²) in [6.07, 6.45) is 3.65. The molecule has 0 spiro atoms. The van der Waals surface area contributed by atoms with Crippen LogP contribution in [0, 0.1) is 13.8 Å². The van der Waals surface area contributed by atoms with Crippen molar-refractivity contribution in [1.82, 2.24) is 9.55 Å². The minimum Gasteiger partial charge on any atom is -0.327 e. The second kappa shape index (κ2) is 5.76. The summed E-state index contributed by atoms with van der Waals surface area (Å²) in [5, 5.41) is 0.731. The summed E-state index contributed by atoms with van der Waals surface area (Å²) in [5.41, 5.74) is 10.5. The zero-order chi connectivity index (χ0) is 14.0. The molecular formula is C15H20ClN3. The maximum atomic E-state index is 6.13. The van der Waals surface area contributed by atoms with Gasteiger partial charge in [0.1, 0.15) is 0 Å². The third-order valence-electron chi connectivity index (χ3n) is 3.57. The quantitative estimate of drug-likeness (QED) is 0.931. The first-order chi connectivity index (χ1) is 9.02. The van der Waals surface area contributed by atoms with E-state index >= 15 is 0 Å². The van der Waals surface area contributed by atoms with E-state index in [1.807, 2.05) is 25.4 Å².